The fraction of sp³-hybridized carbons (Fsp3) is 0.429. The molecule has 1 aromatic heterocycles. The summed E-state index contributed by atoms with van der Waals surface area (Å²) in [5, 5.41) is 16.8. The third kappa shape index (κ3) is 2.02. The lowest BCUT2D eigenvalue weighted by molar-refractivity contribution is -0.134. The van der Waals surface area contributed by atoms with Gasteiger partial charge in [0.1, 0.15) is 6.04 Å². The van der Waals surface area contributed by atoms with E-state index < -0.39 is 17.9 Å². The molecule has 0 saturated carbocycles. The number of piperidine rings is 1. The van der Waals surface area contributed by atoms with Gasteiger partial charge in [-0.15, -0.1) is 10.2 Å². The van der Waals surface area contributed by atoms with Gasteiger partial charge in [0.2, 0.25) is 11.8 Å². The molecule has 16 heavy (non-hydrogen) atoms. The highest BCUT2D eigenvalue weighted by atomic mass is 16.2. The Morgan fingerprint density at radius 3 is 2.88 bits per heavy atom. The van der Waals surface area contributed by atoms with Crippen molar-refractivity contribution in [2.45, 2.75) is 18.9 Å². The maximum Gasteiger partial charge on any atom is 0.293 e. The minimum absolute atomic E-state index is 0.148. The Kier molecular flexibility index (Phi) is 2.58. The van der Waals surface area contributed by atoms with E-state index in [0.717, 1.165) is 0 Å². The van der Waals surface area contributed by atoms with Crippen molar-refractivity contribution in [3.05, 3.63) is 5.82 Å². The van der Waals surface area contributed by atoms with Crippen LogP contribution in [0.25, 0.3) is 0 Å². The van der Waals surface area contributed by atoms with E-state index in [-0.39, 0.29) is 24.6 Å². The number of rotatable bonds is 2. The molecule has 1 unspecified atom stereocenters. The largest absolute Gasteiger partial charge is 0.337 e. The topological polar surface area (TPSA) is 130 Å². The van der Waals surface area contributed by atoms with E-state index in [4.69, 9.17) is 0 Å². The molecule has 2 rings (SSSR count). The van der Waals surface area contributed by atoms with Crippen molar-refractivity contribution in [2.24, 2.45) is 0 Å². The average Bonchev–Trinajstić information content (AvgIpc) is 2.75. The van der Waals surface area contributed by atoms with Crippen molar-refractivity contribution in [1.29, 1.82) is 0 Å². The van der Waals surface area contributed by atoms with Gasteiger partial charge in [0, 0.05) is 6.42 Å². The van der Waals surface area contributed by atoms with E-state index >= 15 is 0 Å². The minimum atomic E-state index is -0.733. The Labute approximate surface area is 89.0 Å². The molecule has 9 nitrogen and oxygen atoms in total. The van der Waals surface area contributed by atoms with Crippen LogP contribution in [0.2, 0.25) is 0 Å². The summed E-state index contributed by atoms with van der Waals surface area (Å²) in [6, 6.07) is -0.733. The average molecular weight is 224 g/mol. The van der Waals surface area contributed by atoms with Crippen LogP contribution >= 0.6 is 0 Å². The van der Waals surface area contributed by atoms with Gasteiger partial charge in [-0.05, 0) is 11.6 Å². The molecule has 2 heterocycles. The second-order valence-electron chi connectivity index (χ2n) is 3.21. The Morgan fingerprint density at radius 1 is 1.44 bits per heavy atom. The number of carbonyl (C=O) groups is 3. The molecule has 1 aliphatic heterocycles. The van der Waals surface area contributed by atoms with Gasteiger partial charge in [0.15, 0.2) is 0 Å². The number of H-pyrrole nitrogens is 1. The Bertz CT molecular complexity index is 427. The van der Waals surface area contributed by atoms with Crippen LogP contribution in [0.4, 0.5) is 0 Å². The number of hydrogen-bond donors (Lipinski definition) is 3. The molecule has 1 saturated heterocycles. The van der Waals surface area contributed by atoms with Crippen molar-refractivity contribution < 1.29 is 14.4 Å². The molecule has 1 aromatic rings. The molecule has 1 aliphatic rings. The number of aromatic nitrogens is 4. The van der Waals surface area contributed by atoms with E-state index in [1.54, 1.807) is 0 Å². The van der Waals surface area contributed by atoms with Gasteiger partial charge in [0.25, 0.3) is 11.7 Å². The summed E-state index contributed by atoms with van der Waals surface area (Å²) in [4.78, 5) is 33.6. The van der Waals surface area contributed by atoms with Crippen LogP contribution in [0, 0.1) is 0 Å². The zero-order chi connectivity index (χ0) is 11.5. The smallest absolute Gasteiger partial charge is 0.293 e. The number of nitrogens with zero attached hydrogens (tertiary/aromatic N) is 3. The lowest BCUT2D eigenvalue weighted by atomic mass is 10.1. The molecule has 0 radical (unpaired) electrons. The Hall–Kier alpha value is -2.32. The molecule has 1 atom stereocenters. The molecular weight excluding hydrogens is 216 g/mol. The number of aromatic amines is 1. The normalized spacial score (nSPS) is 20.4. The second kappa shape index (κ2) is 4.04. The first kappa shape index (κ1) is 10.2. The number of carbonyl (C=O) groups excluding carboxylic acids is 3. The van der Waals surface area contributed by atoms with E-state index in [1.807, 2.05) is 0 Å². The molecule has 1 fully saturated rings. The van der Waals surface area contributed by atoms with Crippen molar-refractivity contribution >= 4 is 17.7 Å². The molecule has 3 N–H and O–H groups in total. The van der Waals surface area contributed by atoms with Crippen LogP contribution in [0.15, 0.2) is 0 Å². The number of amides is 3. The first-order valence-corrected chi connectivity index (χ1v) is 4.55. The highest BCUT2D eigenvalue weighted by Gasteiger charge is 2.28. The molecule has 0 spiro atoms. The molecule has 9 heteroatoms. The first-order valence-electron chi connectivity index (χ1n) is 4.55. The van der Waals surface area contributed by atoms with Crippen LogP contribution in [0.1, 0.15) is 23.5 Å². The summed E-state index contributed by atoms with van der Waals surface area (Å²) in [5.41, 5.74) is 0. The van der Waals surface area contributed by atoms with Gasteiger partial charge in [-0.3, -0.25) is 19.7 Å². The Morgan fingerprint density at radius 2 is 2.25 bits per heavy atom. The summed E-state index contributed by atoms with van der Waals surface area (Å²) in [7, 11) is 0. The van der Waals surface area contributed by atoms with Crippen molar-refractivity contribution in [1.82, 2.24) is 31.3 Å². The van der Waals surface area contributed by atoms with Crippen LogP contribution in [0.5, 0.6) is 0 Å². The molecular formula is C7H8N6O3. The van der Waals surface area contributed by atoms with Gasteiger partial charge in [-0.25, -0.2) is 0 Å². The van der Waals surface area contributed by atoms with Crippen LogP contribution in [0.3, 0.4) is 0 Å². The van der Waals surface area contributed by atoms with Crippen LogP contribution < -0.4 is 10.6 Å². The highest BCUT2D eigenvalue weighted by Crippen LogP contribution is 2.04. The van der Waals surface area contributed by atoms with E-state index in [1.165, 1.54) is 0 Å². The standard InChI is InChI=1S/C7H8N6O3/c14-4-2-1-3(6(15)9-4)8-7(16)5-10-12-13-11-5/h3H,1-2H2,(H,8,16)(H,9,14,15)(H,10,11,12,13). The summed E-state index contributed by atoms with van der Waals surface area (Å²) >= 11 is 0. The second-order valence-corrected chi connectivity index (χ2v) is 3.21. The zero-order valence-corrected chi connectivity index (χ0v) is 8.06. The lowest BCUT2D eigenvalue weighted by Gasteiger charge is -2.20. The molecule has 0 aliphatic carbocycles. The third-order valence-electron chi connectivity index (χ3n) is 2.09. The van der Waals surface area contributed by atoms with Gasteiger partial charge in [-0.2, -0.15) is 5.21 Å². The molecule has 0 aromatic carbocycles. The van der Waals surface area contributed by atoms with Crippen molar-refractivity contribution in [3.63, 3.8) is 0 Å². The maximum absolute atomic E-state index is 11.4. The molecule has 0 bridgehead atoms. The van der Waals surface area contributed by atoms with Crippen LogP contribution in [-0.2, 0) is 9.59 Å². The van der Waals surface area contributed by atoms with Gasteiger partial charge in [-0.1, -0.05) is 0 Å². The number of hydrogen-bond acceptors (Lipinski definition) is 6. The fourth-order valence-corrected chi connectivity index (χ4v) is 1.31. The summed E-state index contributed by atoms with van der Waals surface area (Å²) in [6.45, 7) is 0. The number of nitrogens with one attached hydrogen (secondary N) is 3. The molecule has 84 valence electrons. The highest BCUT2D eigenvalue weighted by molar-refractivity contribution is 6.02. The maximum atomic E-state index is 11.4. The summed E-state index contributed by atoms with van der Waals surface area (Å²) < 4.78 is 0. The van der Waals surface area contributed by atoms with E-state index in [9.17, 15) is 14.4 Å². The lowest BCUT2D eigenvalue weighted by Crippen LogP contribution is -2.52. The quantitative estimate of drug-likeness (QED) is 0.486. The van der Waals surface area contributed by atoms with Crippen molar-refractivity contribution in [2.75, 3.05) is 0 Å². The van der Waals surface area contributed by atoms with Crippen LogP contribution in [-0.4, -0.2) is 44.4 Å². The summed E-state index contributed by atoms with van der Waals surface area (Å²) in [5.74, 6) is -1.61. The predicted octanol–water partition coefficient (Wildman–Crippen LogP) is -2.27. The SMILES string of the molecule is O=C1CCC(NC(=O)c2nn[nH]n2)C(=O)N1. The molecule has 3 amide bonds. The minimum Gasteiger partial charge on any atom is -0.337 e. The fourth-order valence-electron chi connectivity index (χ4n) is 1.31. The number of imide groups is 1. The van der Waals surface area contributed by atoms with Gasteiger partial charge in [0.05, 0.1) is 0 Å². The van der Waals surface area contributed by atoms with E-state index in [2.05, 4.69) is 31.3 Å². The first-order chi connectivity index (χ1) is 7.66. The Balaban J connectivity index is 1.97. The third-order valence-corrected chi connectivity index (χ3v) is 2.09. The predicted molar refractivity (Wildman–Crippen MR) is 47.8 cm³/mol. The van der Waals surface area contributed by atoms with E-state index in [0.29, 0.717) is 0 Å². The van der Waals surface area contributed by atoms with Crippen molar-refractivity contribution in [3.8, 4) is 0 Å². The zero-order valence-electron chi connectivity index (χ0n) is 8.06. The monoisotopic (exact) mass is 224 g/mol. The number of tetrazole rings is 1. The van der Waals surface area contributed by atoms with Gasteiger partial charge < -0.3 is 5.32 Å². The van der Waals surface area contributed by atoms with Gasteiger partial charge >= 0.3 is 0 Å². The summed E-state index contributed by atoms with van der Waals surface area (Å²) in [6.07, 6.45) is 0.469.